The molecular weight excluding hydrogens is 236 g/mol. The van der Waals surface area contributed by atoms with Gasteiger partial charge in [0.1, 0.15) is 0 Å². The van der Waals surface area contributed by atoms with E-state index in [1.807, 2.05) is 6.92 Å². The highest BCUT2D eigenvalue weighted by Gasteiger charge is 2.20. The molecule has 0 aliphatic heterocycles. The first-order valence-corrected chi connectivity index (χ1v) is 3.96. The number of aryl methyl sites for hydroxylation is 1. The van der Waals surface area contributed by atoms with Gasteiger partial charge >= 0.3 is 12.9 Å². The molecule has 0 saturated heterocycles. The number of rotatable bonds is 0. The summed E-state index contributed by atoms with van der Waals surface area (Å²) >= 11 is 5.53. The topological polar surface area (TPSA) is 41.0 Å². The average molecular weight is 241 g/mol. The fourth-order valence-corrected chi connectivity index (χ4v) is 0.748. The van der Waals surface area contributed by atoms with Gasteiger partial charge in [-0.3, -0.25) is 0 Å². The molecule has 0 radical (unpaired) electrons. The molecule has 15 heavy (non-hydrogen) atoms. The Labute approximate surface area is 87.8 Å². The van der Waals surface area contributed by atoms with Crippen molar-refractivity contribution in [2.24, 2.45) is 0 Å². The molecule has 1 heterocycles. The molecule has 0 N–H and O–H groups in total. The van der Waals surface area contributed by atoms with Crippen LogP contribution in [-0.2, 0) is 0 Å². The molecule has 9 heteroatoms. The average Bonchev–Trinajstić information content (AvgIpc) is 2.06. The summed E-state index contributed by atoms with van der Waals surface area (Å²) in [7, 11) is -6.00. The summed E-state index contributed by atoms with van der Waals surface area (Å²) in [6.45, 7) is 1.85. The Hall–Kier alpha value is -1.36. The van der Waals surface area contributed by atoms with Crippen LogP contribution in [0, 0.1) is 12.3 Å². The van der Waals surface area contributed by atoms with Crippen LogP contribution in [0.5, 0.6) is 0 Å². The first kappa shape index (κ1) is 13.6. The van der Waals surface area contributed by atoms with Gasteiger partial charge in [0.2, 0.25) is 10.5 Å². The maximum atomic E-state index is 9.75. The van der Waals surface area contributed by atoms with Crippen molar-refractivity contribution in [2.45, 2.75) is 6.92 Å². The second-order valence-electron chi connectivity index (χ2n) is 2.42. The second-order valence-corrected chi connectivity index (χ2v) is 2.78. The van der Waals surface area contributed by atoms with Gasteiger partial charge in [-0.25, -0.2) is 4.98 Å². The van der Waals surface area contributed by atoms with Gasteiger partial charge in [0.15, 0.2) is 4.98 Å². The SMILES string of the molecule is Cc1cnc(Cl)c([N+]#N)c1.F[B-](F)(F)F. The van der Waals surface area contributed by atoms with Crippen molar-refractivity contribution >= 4 is 24.5 Å². The van der Waals surface area contributed by atoms with Crippen LogP contribution in [0.1, 0.15) is 5.56 Å². The molecule has 0 spiro atoms. The number of halogens is 5. The van der Waals surface area contributed by atoms with Crippen LogP contribution in [-0.4, -0.2) is 12.2 Å². The monoisotopic (exact) mass is 241 g/mol. The molecule has 0 fully saturated rings. The number of pyridine rings is 1. The molecule has 0 unspecified atom stereocenters. The first-order chi connectivity index (χ1) is 6.74. The number of nitrogens with zero attached hydrogens (tertiary/aromatic N) is 3. The quantitative estimate of drug-likeness (QED) is 0.300. The molecule has 0 saturated carbocycles. The zero-order valence-corrected chi connectivity index (χ0v) is 8.22. The molecule has 1 aromatic rings. The molecular formula is C6H5BClF4N3. The van der Waals surface area contributed by atoms with E-state index < -0.39 is 7.25 Å². The fraction of sp³-hybridized carbons (Fsp3) is 0.167. The van der Waals surface area contributed by atoms with Crippen LogP contribution in [0.25, 0.3) is 4.98 Å². The number of hydrogen-bond acceptors (Lipinski definition) is 2. The van der Waals surface area contributed by atoms with E-state index in [2.05, 4.69) is 9.96 Å². The van der Waals surface area contributed by atoms with Crippen LogP contribution in [0.15, 0.2) is 12.3 Å². The van der Waals surface area contributed by atoms with E-state index >= 15 is 0 Å². The Bertz CT molecular complexity index is 370. The molecule has 82 valence electrons. The van der Waals surface area contributed by atoms with Gasteiger partial charge in [-0.05, 0) is 12.5 Å². The van der Waals surface area contributed by atoms with E-state index in [9.17, 15) is 17.3 Å². The molecule has 0 aromatic carbocycles. The fourth-order valence-electron chi connectivity index (χ4n) is 0.607. The summed E-state index contributed by atoms with van der Waals surface area (Å²) in [4.78, 5) is 6.70. The van der Waals surface area contributed by atoms with Crippen LogP contribution < -0.4 is 0 Å². The molecule has 1 aromatic heterocycles. The van der Waals surface area contributed by atoms with E-state index in [1.165, 1.54) is 0 Å². The van der Waals surface area contributed by atoms with Gasteiger partial charge in [-0.15, -0.1) is 0 Å². The molecule has 0 amide bonds. The van der Waals surface area contributed by atoms with Crippen molar-refractivity contribution in [1.82, 2.24) is 4.98 Å². The smallest absolute Gasteiger partial charge is 0.418 e. The van der Waals surface area contributed by atoms with E-state index in [1.54, 1.807) is 12.3 Å². The highest BCUT2D eigenvalue weighted by molar-refractivity contribution is 6.50. The van der Waals surface area contributed by atoms with Crippen molar-refractivity contribution in [3.63, 3.8) is 0 Å². The van der Waals surface area contributed by atoms with Gasteiger partial charge in [0.05, 0.1) is 0 Å². The Balaban J connectivity index is 0.000000336. The molecule has 0 atom stereocenters. The lowest BCUT2D eigenvalue weighted by atomic mass is 10.3. The largest absolute Gasteiger partial charge is 0.673 e. The maximum absolute atomic E-state index is 9.75. The third-order valence-corrected chi connectivity index (χ3v) is 1.36. The predicted molar refractivity (Wildman–Crippen MR) is 48.9 cm³/mol. The lowest BCUT2D eigenvalue weighted by Gasteiger charge is -1.94. The van der Waals surface area contributed by atoms with Crippen molar-refractivity contribution in [1.29, 1.82) is 5.39 Å². The predicted octanol–water partition coefficient (Wildman–Crippen LogP) is 3.83. The molecule has 0 bridgehead atoms. The summed E-state index contributed by atoms with van der Waals surface area (Å²) in [6, 6.07) is 1.65. The Kier molecular flexibility index (Phi) is 5.01. The summed E-state index contributed by atoms with van der Waals surface area (Å²) in [5.74, 6) is 0. The van der Waals surface area contributed by atoms with E-state index in [0.29, 0.717) is 5.69 Å². The molecule has 3 nitrogen and oxygen atoms in total. The summed E-state index contributed by atoms with van der Waals surface area (Å²) in [5.41, 5.74) is 1.22. The van der Waals surface area contributed by atoms with E-state index in [4.69, 9.17) is 17.0 Å². The number of diazo groups is 1. The lowest BCUT2D eigenvalue weighted by Crippen LogP contribution is -2.02. The van der Waals surface area contributed by atoms with Gasteiger partial charge in [0.25, 0.3) is 0 Å². The van der Waals surface area contributed by atoms with Gasteiger partial charge in [-0.2, -0.15) is 0 Å². The van der Waals surface area contributed by atoms with Crippen molar-refractivity contribution in [2.75, 3.05) is 0 Å². The third kappa shape index (κ3) is 7.70. The molecule has 0 aliphatic carbocycles. The zero-order chi connectivity index (χ0) is 12.1. The summed E-state index contributed by atoms with van der Waals surface area (Å²) < 4.78 is 39.0. The first-order valence-electron chi connectivity index (χ1n) is 3.58. The van der Waals surface area contributed by atoms with Gasteiger partial charge < -0.3 is 17.3 Å². The standard InChI is InChI=1S/C6H5ClN3.BF4/c1-4-2-5(10-8)6(7)9-3-4;2-1(3,4)5/h2-3H,1H3;/q+1;-1. The van der Waals surface area contributed by atoms with Crippen molar-refractivity contribution in [3.8, 4) is 0 Å². The number of aromatic nitrogens is 1. The number of hydrogen-bond donors (Lipinski definition) is 0. The minimum absolute atomic E-state index is 0.216. The minimum Gasteiger partial charge on any atom is -0.418 e. The zero-order valence-electron chi connectivity index (χ0n) is 7.46. The lowest BCUT2D eigenvalue weighted by molar-refractivity contribution is 0.368. The minimum atomic E-state index is -6.00. The van der Waals surface area contributed by atoms with E-state index in [0.717, 1.165) is 5.56 Å². The van der Waals surface area contributed by atoms with Crippen LogP contribution in [0.4, 0.5) is 23.0 Å². The third-order valence-electron chi connectivity index (χ3n) is 1.07. The summed E-state index contributed by atoms with van der Waals surface area (Å²) in [6.07, 6.45) is 1.61. The van der Waals surface area contributed by atoms with Gasteiger partial charge in [0, 0.05) is 12.3 Å². The van der Waals surface area contributed by atoms with Crippen molar-refractivity contribution < 1.29 is 17.3 Å². The normalized spacial score (nSPS) is 9.93. The van der Waals surface area contributed by atoms with E-state index in [-0.39, 0.29) is 5.15 Å². The molecule has 1 rings (SSSR count). The molecule has 0 aliphatic rings. The van der Waals surface area contributed by atoms with Crippen LogP contribution in [0.2, 0.25) is 5.15 Å². The highest BCUT2D eigenvalue weighted by Crippen LogP contribution is 2.22. The van der Waals surface area contributed by atoms with Crippen molar-refractivity contribution in [3.05, 3.63) is 28.0 Å². The van der Waals surface area contributed by atoms with Gasteiger partial charge in [-0.1, -0.05) is 11.6 Å². The Morgan fingerprint density at radius 2 is 1.87 bits per heavy atom. The Morgan fingerprint density at radius 3 is 2.20 bits per heavy atom. The second kappa shape index (κ2) is 5.51. The Morgan fingerprint density at radius 1 is 1.40 bits per heavy atom. The summed E-state index contributed by atoms with van der Waals surface area (Å²) in [5, 5.41) is 8.56. The van der Waals surface area contributed by atoms with Crippen LogP contribution >= 0.6 is 11.6 Å². The maximum Gasteiger partial charge on any atom is 0.673 e. The van der Waals surface area contributed by atoms with Crippen LogP contribution in [0.3, 0.4) is 0 Å². The highest BCUT2D eigenvalue weighted by atomic mass is 35.5.